The smallest absolute Gasteiger partial charge is 0.264 e. The van der Waals surface area contributed by atoms with Crippen LogP contribution in [0.1, 0.15) is 26.7 Å². The van der Waals surface area contributed by atoms with Crippen LogP contribution in [0.4, 0.5) is 8.78 Å². The van der Waals surface area contributed by atoms with Crippen molar-refractivity contribution in [1.82, 2.24) is 5.32 Å². The first-order valence-electron chi connectivity index (χ1n) is 4.13. The molecule has 1 heterocycles. The predicted octanol–water partition coefficient (Wildman–Crippen LogP) is 2.03. The third-order valence-electron chi connectivity index (χ3n) is 2.07. The number of rotatable bonds is 2. The van der Waals surface area contributed by atoms with Gasteiger partial charge in [0, 0.05) is 13.0 Å². The summed E-state index contributed by atoms with van der Waals surface area (Å²) in [5.74, 6) is -2.12. The SMILES string of the molecule is CC(C)CC1NCCC1(F)F. The van der Waals surface area contributed by atoms with E-state index >= 15 is 0 Å². The van der Waals surface area contributed by atoms with E-state index in [0.717, 1.165) is 0 Å². The lowest BCUT2D eigenvalue weighted by molar-refractivity contribution is -0.0164. The van der Waals surface area contributed by atoms with Crippen LogP contribution in [-0.2, 0) is 0 Å². The van der Waals surface area contributed by atoms with E-state index in [9.17, 15) is 8.78 Å². The first kappa shape index (κ1) is 8.91. The van der Waals surface area contributed by atoms with E-state index in [2.05, 4.69) is 5.32 Å². The van der Waals surface area contributed by atoms with E-state index in [1.54, 1.807) is 0 Å². The van der Waals surface area contributed by atoms with E-state index in [-0.39, 0.29) is 6.42 Å². The van der Waals surface area contributed by atoms with Gasteiger partial charge in [-0.15, -0.1) is 0 Å². The van der Waals surface area contributed by atoms with E-state index in [0.29, 0.717) is 18.9 Å². The first-order valence-corrected chi connectivity index (χ1v) is 4.13. The van der Waals surface area contributed by atoms with Crippen molar-refractivity contribution >= 4 is 0 Å². The summed E-state index contributed by atoms with van der Waals surface area (Å²) in [6.45, 7) is 4.40. The maximum absolute atomic E-state index is 12.9. The highest BCUT2D eigenvalue weighted by atomic mass is 19.3. The van der Waals surface area contributed by atoms with E-state index in [4.69, 9.17) is 0 Å². The zero-order valence-corrected chi connectivity index (χ0v) is 7.03. The van der Waals surface area contributed by atoms with Gasteiger partial charge >= 0.3 is 0 Å². The minimum absolute atomic E-state index is 0.00435. The molecule has 1 aliphatic rings. The van der Waals surface area contributed by atoms with Gasteiger partial charge < -0.3 is 5.32 Å². The van der Waals surface area contributed by atoms with Crippen LogP contribution >= 0.6 is 0 Å². The Morgan fingerprint density at radius 2 is 2.18 bits per heavy atom. The second-order valence-corrected chi connectivity index (χ2v) is 3.65. The minimum Gasteiger partial charge on any atom is -0.308 e. The van der Waals surface area contributed by atoms with Crippen LogP contribution in [0.3, 0.4) is 0 Å². The number of hydrogen-bond acceptors (Lipinski definition) is 1. The summed E-state index contributed by atoms with van der Waals surface area (Å²) in [5.41, 5.74) is 0. The summed E-state index contributed by atoms with van der Waals surface area (Å²) >= 11 is 0. The molecule has 0 bridgehead atoms. The fourth-order valence-electron chi connectivity index (χ4n) is 1.46. The molecule has 0 aliphatic carbocycles. The Morgan fingerprint density at radius 1 is 1.55 bits per heavy atom. The number of alkyl halides is 2. The van der Waals surface area contributed by atoms with Gasteiger partial charge in [0.15, 0.2) is 0 Å². The normalized spacial score (nSPS) is 29.7. The highest BCUT2D eigenvalue weighted by Crippen LogP contribution is 2.30. The summed E-state index contributed by atoms with van der Waals surface area (Å²) in [5, 5.41) is 2.83. The Kier molecular flexibility index (Phi) is 2.47. The Balaban J connectivity index is 2.45. The average Bonchev–Trinajstić information content (AvgIpc) is 2.10. The third-order valence-corrected chi connectivity index (χ3v) is 2.07. The van der Waals surface area contributed by atoms with Crippen molar-refractivity contribution in [3.05, 3.63) is 0 Å². The molecule has 0 spiro atoms. The summed E-state index contributed by atoms with van der Waals surface area (Å²) < 4.78 is 25.8. The first-order chi connectivity index (χ1) is 5.02. The number of hydrogen-bond donors (Lipinski definition) is 1. The standard InChI is InChI=1S/C8H15F2N/c1-6(2)5-7-8(9,10)3-4-11-7/h6-7,11H,3-5H2,1-2H3. The van der Waals surface area contributed by atoms with Gasteiger partial charge in [0.05, 0.1) is 6.04 Å². The van der Waals surface area contributed by atoms with Gasteiger partial charge in [-0.1, -0.05) is 13.8 Å². The molecule has 1 saturated heterocycles. The molecule has 1 aliphatic heterocycles. The highest BCUT2D eigenvalue weighted by Gasteiger charge is 2.43. The molecule has 1 nitrogen and oxygen atoms in total. The number of halogens is 2. The lowest BCUT2D eigenvalue weighted by atomic mass is 10.0. The van der Waals surface area contributed by atoms with Gasteiger partial charge in [-0.2, -0.15) is 0 Å². The fourth-order valence-corrected chi connectivity index (χ4v) is 1.46. The molecule has 1 N–H and O–H groups in total. The van der Waals surface area contributed by atoms with Crippen LogP contribution < -0.4 is 5.32 Å². The maximum atomic E-state index is 12.9. The molecule has 1 atom stereocenters. The van der Waals surface area contributed by atoms with Gasteiger partial charge in [-0.05, 0) is 12.3 Å². The van der Waals surface area contributed by atoms with Crippen LogP contribution in [0.2, 0.25) is 0 Å². The van der Waals surface area contributed by atoms with E-state index < -0.39 is 12.0 Å². The average molecular weight is 163 g/mol. The highest BCUT2D eigenvalue weighted by molar-refractivity contribution is 4.90. The van der Waals surface area contributed by atoms with Crippen LogP contribution in [0.5, 0.6) is 0 Å². The second-order valence-electron chi connectivity index (χ2n) is 3.65. The molecule has 0 amide bonds. The summed E-state index contributed by atoms with van der Waals surface area (Å²) in [6, 6.07) is -0.581. The van der Waals surface area contributed by atoms with E-state index in [1.807, 2.05) is 13.8 Å². The molecule has 11 heavy (non-hydrogen) atoms. The zero-order valence-electron chi connectivity index (χ0n) is 7.03. The lowest BCUT2D eigenvalue weighted by Crippen LogP contribution is -2.36. The molecule has 0 saturated carbocycles. The molecule has 0 aromatic heterocycles. The van der Waals surface area contributed by atoms with Crippen molar-refractivity contribution in [3.8, 4) is 0 Å². The Labute approximate surface area is 66.2 Å². The van der Waals surface area contributed by atoms with Gasteiger partial charge in [0.1, 0.15) is 0 Å². The van der Waals surface area contributed by atoms with E-state index in [1.165, 1.54) is 0 Å². The Hall–Kier alpha value is -0.180. The minimum atomic E-state index is -2.47. The summed E-state index contributed by atoms with van der Waals surface area (Å²) in [7, 11) is 0. The molecule has 0 aromatic rings. The van der Waals surface area contributed by atoms with Crippen molar-refractivity contribution in [1.29, 1.82) is 0 Å². The van der Waals surface area contributed by atoms with Crippen molar-refractivity contribution in [2.75, 3.05) is 6.54 Å². The van der Waals surface area contributed by atoms with Gasteiger partial charge in [-0.25, -0.2) is 8.78 Å². The molecule has 3 heteroatoms. The second kappa shape index (κ2) is 3.05. The van der Waals surface area contributed by atoms with Crippen molar-refractivity contribution in [2.24, 2.45) is 5.92 Å². The predicted molar refractivity (Wildman–Crippen MR) is 40.8 cm³/mol. The molecular weight excluding hydrogens is 148 g/mol. The molecule has 66 valence electrons. The molecule has 0 radical (unpaired) electrons. The van der Waals surface area contributed by atoms with Gasteiger partial charge in [0.25, 0.3) is 5.92 Å². The van der Waals surface area contributed by atoms with Crippen molar-refractivity contribution in [3.63, 3.8) is 0 Å². The largest absolute Gasteiger partial charge is 0.308 e. The van der Waals surface area contributed by atoms with Crippen molar-refractivity contribution < 1.29 is 8.78 Å². The van der Waals surface area contributed by atoms with Crippen LogP contribution in [0.15, 0.2) is 0 Å². The van der Waals surface area contributed by atoms with Crippen LogP contribution in [0.25, 0.3) is 0 Å². The molecule has 1 unspecified atom stereocenters. The molecule has 1 fully saturated rings. The summed E-state index contributed by atoms with van der Waals surface area (Å²) in [4.78, 5) is 0. The molecular formula is C8H15F2N. The zero-order chi connectivity index (χ0) is 8.48. The topological polar surface area (TPSA) is 12.0 Å². The van der Waals surface area contributed by atoms with Crippen molar-refractivity contribution in [2.45, 2.75) is 38.7 Å². The molecule has 0 aromatic carbocycles. The summed E-state index contributed by atoms with van der Waals surface area (Å²) in [6.07, 6.45) is 0.581. The maximum Gasteiger partial charge on any atom is 0.264 e. The number of nitrogens with one attached hydrogen (secondary N) is 1. The molecule has 1 rings (SSSR count). The van der Waals surface area contributed by atoms with Gasteiger partial charge in [-0.3, -0.25) is 0 Å². The lowest BCUT2D eigenvalue weighted by Gasteiger charge is -2.20. The third kappa shape index (κ3) is 2.12. The van der Waals surface area contributed by atoms with Gasteiger partial charge in [0.2, 0.25) is 0 Å². The quantitative estimate of drug-likeness (QED) is 0.656. The van der Waals surface area contributed by atoms with Crippen LogP contribution in [0, 0.1) is 5.92 Å². The monoisotopic (exact) mass is 163 g/mol. The Morgan fingerprint density at radius 3 is 2.55 bits per heavy atom. The fraction of sp³-hybridized carbons (Fsp3) is 1.00. The Bertz CT molecular complexity index is 134. The van der Waals surface area contributed by atoms with Crippen LogP contribution in [-0.4, -0.2) is 18.5 Å².